The van der Waals surface area contributed by atoms with Crippen LogP contribution in [0.2, 0.25) is 0 Å². The molecule has 2 heterocycles. The van der Waals surface area contributed by atoms with Crippen molar-refractivity contribution in [1.82, 2.24) is 20.3 Å². The lowest BCUT2D eigenvalue weighted by molar-refractivity contribution is -0.142. The summed E-state index contributed by atoms with van der Waals surface area (Å²) in [6, 6.07) is 12.8. The number of amides is 1. The standard InChI is InChI=1S/C31H41N5O6S/c37-25(9-3-2-6-17-32-31-33-18-8-19-34-31)21-23-13-15-24(16-14-23)22-27(30(39)40)35-29(38)28-12-7-20-36(28)43(41,42)26-10-4-1-5-11-26/h1,4-5,10-11,13-16,27-28H,2-3,6-9,12,17-22H2,(H,35,38)(H,39,40)(H2,32,33,34)/t27?,28-/m0/s1. The maximum Gasteiger partial charge on any atom is 0.326 e. The van der Waals surface area contributed by atoms with E-state index in [9.17, 15) is 27.9 Å². The highest BCUT2D eigenvalue weighted by molar-refractivity contribution is 7.89. The highest BCUT2D eigenvalue weighted by Gasteiger charge is 2.40. The Kier molecular flexibility index (Phi) is 11.7. The van der Waals surface area contributed by atoms with Crippen LogP contribution in [0.4, 0.5) is 0 Å². The zero-order chi connectivity index (χ0) is 30.7. The maximum atomic E-state index is 13.1. The number of carbonyl (C=O) groups excluding carboxylic acids is 2. The molecule has 11 nitrogen and oxygen atoms in total. The molecule has 1 unspecified atom stereocenters. The molecule has 2 aromatic rings. The van der Waals surface area contributed by atoms with Gasteiger partial charge in [-0.1, -0.05) is 48.9 Å². The van der Waals surface area contributed by atoms with Crippen molar-refractivity contribution in [2.24, 2.45) is 4.99 Å². The minimum atomic E-state index is -3.89. The van der Waals surface area contributed by atoms with E-state index < -0.39 is 34.0 Å². The molecule has 2 aliphatic rings. The summed E-state index contributed by atoms with van der Waals surface area (Å²) in [5.41, 5.74) is 1.54. The molecular formula is C31H41N5O6S. The van der Waals surface area contributed by atoms with Crippen LogP contribution in [0.5, 0.6) is 0 Å². The number of nitrogens with zero attached hydrogens (tertiary/aromatic N) is 2. The van der Waals surface area contributed by atoms with Gasteiger partial charge in [0.2, 0.25) is 15.9 Å². The van der Waals surface area contributed by atoms with Crippen LogP contribution in [-0.4, -0.2) is 79.7 Å². The van der Waals surface area contributed by atoms with Crippen LogP contribution in [0.15, 0.2) is 64.5 Å². The Morgan fingerprint density at radius 3 is 2.44 bits per heavy atom. The van der Waals surface area contributed by atoms with E-state index in [1.165, 1.54) is 12.1 Å². The molecule has 2 aliphatic heterocycles. The van der Waals surface area contributed by atoms with Gasteiger partial charge in [-0.25, -0.2) is 13.2 Å². The number of unbranched alkanes of at least 4 members (excludes halogenated alkanes) is 2. The fourth-order valence-electron chi connectivity index (χ4n) is 5.31. The second-order valence-electron chi connectivity index (χ2n) is 11.0. The van der Waals surface area contributed by atoms with Gasteiger partial charge in [0.05, 0.1) is 4.90 Å². The zero-order valence-electron chi connectivity index (χ0n) is 24.3. The molecule has 0 aliphatic carbocycles. The first-order chi connectivity index (χ1) is 20.7. The molecule has 232 valence electrons. The van der Waals surface area contributed by atoms with Gasteiger partial charge in [0.1, 0.15) is 17.9 Å². The van der Waals surface area contributed by atoms with Crippen molar-refractivity contribution in [3.05, 3.63) is 65.7 Å². The molecule has 0 saturated carbocycles. The van der Waals surface area contributed by atoms with E-state index in [1.54, 1.807) is 42.5 Å². The van der Waals surface area contributed by atoms with Gasteiger partial charge in [-0.2, -0.15) is 4.31 Å². The number of carbonyl (C=O) groups is 3. The number of Topliss-reactive ketones (excluding diaryl/α,β-unsaturated/α-hetero) is 1. The van der Waals surface area contributed by atoms with Gasteiger partial charge in [0.25, 0.3) is 0 Å². The number of carboxylic acids is 1. The molecule has 4 N–H and O–H groups in total. The molecule has 0 spiro atoms. The number of guanidine groups is 1. The number of benzene rings is 2. The van der Waals surface area contributed by atoms with E-state index in [0.29, 0.717) is 31.2 Å². The van der Waals surface area contributed by atoms with E-state index in [1.807, 2.05) is 0 Å². The summed E-state index contributed by atoms with van der Waals surface area (Å²) in [7, 11) is -3.89. The minimum Gasteiger partial charge on any atom is -0.480 e. The molecule has 4 rings (SSSR count). The zero-order valence-corrected chi connectivity index (χ0v) is 25.2. The molecule has 43 heavy (non-hydrogen) atoms. The first kappa shape index (κ1) is 32.2. The largest absolute Gasteiger partial charge is 0.480 e. The molecule has 2 atom stereocenters. The van der Waals surface area contributed by atoms with Crippen molar-refractivity contribution in [3.63, 3.8) is 0 Å². The number of aliphatic imine (C=N–C) groups is 1. The highest BCUT2D eigenvalue weighted by atomic mass is 32.2. The fourth-order valence-corrected chi connectivity index (χ4v) is 6.99. The number of rotatable bonds is 15. The predicted molar refractivity (Wildman–Crippen MR) is 163 cm³/mol. The number of aliphatic carboxylic acids is 1. The van der Waals surface area contributed by atoms with Crippen LogP contribution in [0.1, 0.15) is 56.1 Å². The quantitative estimate of drug-likeness (QED) is 0.224. The Hall–Kier alpha value is -3.77. The van der Waals surface area contributed by atoms with E-state index in [4.69, 9.17) is 0 Å². The Balaban J connectivity index is 1.22. The SMILES string of the molecule is O=C(CCCCCNC1=NCCCN1)Cc1ccc(CC(NC(=O)[C@@H]2CCCN2S(=O)(=O)c2ccccc2)C(=O)O)cc1. The summed E-state index contributed by atoms with van der Waals surface area (Å²) in [6.45, 7) is 2.81. The summed E-state index contributed by atoms with van der Waals surface area (Å²) in [4.78, 5) is 42.0. The predicted octanol–water partition coefficient (Wildman–Crippen LogP) is 2.26. The molecular weight excluding hydrogens is 570 g/mol. The second-order valence-corrected chi connectivity index (χ2v) is 12.9. The third-order valence-electron chi connectivity index (χ3n) is 7.66. The second kappa shape index (κ2) is 15.6. The van der Waals surface area contributed by atoms with Crippen molar-refractivity contribution in [3.8, 4) is 0 Å². The lowest BCUT2D eigenvalue weighted by atomic mass is 10.00. The van der Waals surface area contributed by atoms with Gasteiger partial charge in [-0.15, -0.1) is 0 Å². The van der Waals surface area contributed by atoms with Crippen molar-refractivity contribution in [2.45, 2.75) is 74.8 Å². The lowest BCUT2D eigenvalue weighted by Gasteiger charge is -2.25. The number of nitrogens with one attached hydrogen (secondary N) is 3. The highest BCUT2D eigenvalue weighted by Crippen LogP contribution is 2.26. The van der Waals surface area contributed by atoms with Crippen LogP contribution in [0, 0.1) is 0 Å². The average Bonchev–Trinajstić information content (AvgIpc) is 3.52. The third-order valence-corrected chi connectivity index (χ3v) is 9.58. The number of ketones is 1. The van der Waals surface area contributed by atoms with E-state index in [-0.39, 0.29) is 23.6 Å². The summed E-state index contributed by atoms with van der Waals surface area (Å²) in [5, 5.41) is 18.9. The molecule has 0 radical (unpaired) electrons. The number of hydrogen-bond acceptors (Lipinski definition) is 8. The Morgan fingerprint density at radius 1 is 1.00 bits per heavy atom. The summed E-state index contributed by atoms with van der Waals surface area (Å²) >= 11 is 0. The third kappa shape index (κ3) is 9.36. The van der Waals surface area contributed by atoms with Gasteiger partial charge < -0.3 is 21.1 Å². The topological polar surface area (TPSA) is 157 Å². The van der Waals surface area contributed by atoms with Gasteiger partial charge in [0.15, 0.2) is 5.96 Å². The van der Waals surface area contributed by atoms with Crippen LogP contribution in [-0.2, 0) is 37.2 Å². The number of sulfonamides is 1. The maximum absolute atomic E-state index is 13.1. The molecule has 2 aromatic carbocycles. The van der Waals surface area contributed by atoms with Crippen molar-refractivity contribution < 1.29 is 27.9 Å². The van der Waals surface area contributed by atoms with Gasteiger partial charge in [-0.05, 0) is 55.4 Å². The monoisotopic (exact) mass is 611 g/mol. The fraction of sp³-hybridized carbons (Fsp3) is 0.484. The normalized spacial score (nSPS) is 17.9. The number of hydrogen-bond donors (Lipinski definition) is 4. The van der Waals surface area contributed by atoms with Crippen LogP contribution < -0.4 is 16.0 Å². The molecule has 0 aromatic heterocycles. The van der Waals surface area contributed by atoms with Crippen molar-refractivity contribution in [2.75, 3.05) is 26.2 Å². The summed E-state index contributed by atoms with van der Waals surface area (Å²) in [6.07, 6.45) is 5.47. The van der Waals surface area contributed by atoms with Crippen LogP contribution in [0.25, 0.3) is 0 Å². The van der Waals surface area contributed by atoms with Crippen molar-refractivity contribution in [1.29, 1.82) is 0 Å². The summed E-state index contributed by atoms with van der Waals surface area (Å²) < 4.78 is 27.4. The first-order valence-electron chi connectivity index (χ1n) is 15.0. The van der Waals surface area contributed by atoms with E-state index in [2.05, 4.69) is 20.9 Å². The molecule has 1 amide bonds. The Labute approximate surface area is 253 Å². The van der Waals surface area contributed by atoms with E-state index in [0.717, 1.165) is 61.1 Å². The molecule has 12 heteroatoms. The molecule has 1 fully saturated rings. The van der Waals surface area contributed by atoms with Crippen molar-refractivity contribution >= 4 is 33.6 Å². The first-order valence-corrected chi connectivity index (χ1v) is 16.4. The van der Waals surface area contributed by atoms with Gasteiger partial charge in [-0.3, -0.25) is 14.6 Å². The minimum absolute atomic E-state index is 0.0312. The smallest absolute Gasteiger partial charge is 0.326 e. The Bertz CT molecular complexity index is 1380. The van der Waals surface area contributed by atoms with Crippen LogP contribution >= 0.6 is 0 Å². The van der Waals surface area contributed by atoms with Crippen LogP contribution in [0.3, 0.4) is 0 Å². The molecule has 0 bridgehead atoms. The lowest BCUT2D eigenvalue weighted by Crippen LogP contribution is -2.51. The van der Waals surface area contributed by atoms with E-state index >= 15 is 0 Å². The molecule has 1 saturated heterocycles. The Morgan fingerprint density at radius 2 is 1.74 bits per heavy atom. The van der Waals surface area contributed by atoms with Gasteiger partial charge in [0, 0.05) is 45.4 Å². The number of carboxylic acid groups (broad SMARTS) is 1. The van der Waals surface area contributed by atoms with Gasteiger partial charge >= 0.3 is 5.97 Å². The summed E-state index contributed by atoms with van der Waals surface area (Å²) in [5.74, 6) is -0.818. The average molecular weight is 612 g/mol.